The fraction of sp³-hybridized carbons (Fsp3) is 0.929. The molecule has 17 heavy (non-hydrogen) atoms. The quantitative estimate of drug-likeness (QED) is 0.779. The standard InChI is InChI=1S/C14H25NO2/c1-9-6-7-11(8-10(9)2)12-4-3-5-13(15-12)14(16)17/h9-13,15H,3-8H2,1-2H3,(H,16,17). The Kier molecular flexibility index (Phi) is 4.08. The molecule has 0 bridgehead atoms. The van der Waals surface area contributed by atoms with E-state index < -0.39 is 5.97 Å². The van der Waals surface area contributed by atoms with E-state index in [0.29, 0.717) is 12.0 Å². The average molecular weight is 239 g/mol. The van der Waals surface area contributed by atoms with Gasteiger partial charge in [0.25, 0.3) is 0 Å². The minimum atomic E-state index is -0.674. The highest BCUT2D eigenvalue weighted by molar-refractivity contribution is 5.73. The van der Waals surface area contributed by atoms with Gasteiger partial charge in [0.05, 0.1) is 0 Å². The zero-order valence-electron chi connectivity index (χ0n) is 11.0. The van der Waals surface area contributed by atoms with Crippen LogP contribution in [0.4, 0.5) is 0 Å². The molecule has 5 unspecified atom stereocenters. The van der Waals surface area contributed by atoms with Gasteiger partial charge in [0.15, 0.2) is 0 Å². The summed E-state index contributed by atoms with van der Waals surface area (Å²) in [4.78, 5) is 11.0. The molecule has 0 spiro atoms. The van der Waals surface area contributed by atoms with Crippen LogP contribution in [0, 0.1) is 17.8 Å². The minimum Gasteiger partial charge on any atom is -0.480 e. The normalized spacial score (nSPS) is 43.3. The van der Waals surface area contributed by atoms with Crippen LogP contribution in [0.5, 0.6) is 0 Å². The molecular weight excluding hydrogens is 214 g/mol. The summed E-state index contributed by atoms with van der Waals surface area (Å²) < 4.78 is 0. The van der Waals surface area contributed by atoms with Crippen LogP contribution in [0.2, 0.25) is 0 Å². The highest BCUT2D eigenvalue weighted by atomic mass is 16.4. The Balaban J connectivity index is 1.91. The summed E-state index contributed by atoms with van der Waals surface area (Å²) in [5.41, 5.74) is 0. The van der Waals surface area contributed by atoms with Crippen molar-refractivity contribution in [2.24, 2.45) is 17.8 Å². The molecule has 2 aliphatic rings. The van der Waals surface area contributed by atoms with Crippen LogP contribution >= 0.6 is 0 Å². The lowest BCUT2D eigenvalue weighted by Crippen LogP contribution is -2.50. The number of carboxylic acids is 1. The molecule has 98 valence electrons. The molecule has 1 aliphatic carbocycles. The zero-order chi connectivity index (χ0) is 12.4. The van der Waals surface area contributed by atoms with E-state index in [2.05, 4.69) is 19.2 Å². The largest absolute Gasteiger partial charge is 0.480 e. The number of piperidine rings is 1. The van der Waals surface area contributed by atoms with Gasteiger partial charge in [0.2, 0.25) is 0 Å². The summed E-state index contributed by atoms with van der Waals surface area (Å²) in [7, 11) is 0. The van der Waals surface area contributed by atoms with Crippen molar-refractivity contribution in [3.63, 3.8) is 0 Å². The maximum Gasteiger partial charge on any atom is 0.320 e. The van der Waals surface area contributed by atoms with Gasteiger partial charge in [-0.1, -0.05) is 20.3 Å². The third-order valence-corrected chi connectivity index (χ3v) is 4.93. The van der Waals surface area contributed by atoms with Gasteiger partial charge < -0.3 is 10.4 Å². The number of aliphatic carboxylic acids is 1. The maximum atomic E-state index is 11.0. The summed E-state index contributed by atoms with van der Waals surface area (Å²) in [6, 6.07) is 0.142. The Hall–Kier alpha value is -0.570. The lowest BCUT2D eigenvalue weighted by molar-refractivity contribution is -0.140. The number of rotatable bonds is 2. The Morgan fingerprint density at radius 3 is 2.53 bits per heavy atom. The van der Waals surface area contributed by atoms with Crippen molar-refractivity contribution in [1.82, 2.24) is 5.32 Å². The average Bonchev–Trinajstić information content (AvgIpc) is 2.33. The predicted molar refractivity (Wildman–Crippen MR) is 67.9 cm³/mol. The molecule has 0 aromatic rings. The van der Waals surface area contributed by atoms with Crippen LogP contribution in [0.3, 0.4) is 0 Å². The minimum absolute atomic E-state index is 0.302. The van der Waals surface area contributed by atoms with Crippen molar-refractivity contribution >= 4 is 5.97 Å². The first-order valence-corrected chi connectivity index (χ1v) is 7.06. The van der Waals surface area contributed by atoms with Crippen LogP contribution in [0.25, 0.3) is 0 Å². The van der Waals surface area contributed by atoms with Crippen LogP contribution in [0.1, 0.15) is 52.4 Å². The molecule has 1 heterocycles. The molecule has 5 atom stereocenters. The lowest BCUT2D eigenvalue weighted by Gasteiger charge is -2.40. The van der Waals surface area contributed by atoms with Crippen molar-refractivity contribution in [2.75, 3.05) is 0 Å². The fourth-order valence-corrected chi connectivity index (χ4v) is 3.49. The highest BCUT2D eigenvalue weighted by Gasteiger charge is 2.34. The molecule has 0 amide bonds. The zero-order valence-corrected chi connectivity index (χ0v) is 11.0. The predicted octanol–water partition coefficient (Wildman–Crippen LogP) is 2.65. The van der Waals surface area contributed by atoms with Gasteiger partial charge in [-0.2, -0.15) is 0 Å². The number of hydrogen-bond donors (Lipinski definition) is 2. The Morgan fingerprint density at radius 2 is 1.88 bits per heavy atom. The molecule has 0 aromatic carbocycles. The second-order valence-corrected chi connectivity index (χ2v) is 6.12. The molecule has 1 saturated carbocycles. The molecule has 1 aliphatic heterocycles. The second-order valence-electron chi connectivity index (χ2n) is 6.12. The molecule has 3 heteroatoms. The number of hydrogen-bond acceptors (Lipinski definition) is 2. The molecule has 1 saturated heterocycles. The van der Waals surface area contributed by atoms with Gasteiger partial charge in [0.1, 0.15) is 6.04 Å². The molecule has 2 rings (SSSR count). The molecule has 3 nitrogen and oxygen atoms in total. The van der Waals surface area contributed by atoms with Gasteiger partial charge in [-0.25, -0.2) is 0 Å². The number of carboxylic acid groups (broad SMARTS) is 1. The third kappa shape index (κ3) is 3.01. The lowest BCUT2D eigenvalue weighted by atomic mass is 9.71. The van der Waals surface area contributed by atoms with Crippen molar-refractivity contribution < 1.29 is 9.90 Å². The maximum absolute atomic E-state index is 11.0. The molecule has 0 aromatic heterocycles. The van der Waals surface area contributed by atoms with E-state index >= 15 is 0 Å². The molecule has 2 fully saturated rings. The fourth-order valence-electron chi connectivity index (χ4n) is 3.49. The summed E-state index contributed by atoms with van der Waals surface area (Å²) in [5.74, 6) is 1.65. The topological polar surface area (TPSA) is 49.3 Å². The monoisotopic (exact) mass is 239 g/mol. The van der Waals surface area contributed by atoms with Crippen molar-refractivity contribution in [2.45, 2.75) is 64.5 Å². The van der Waals surface area contributed by atoms with E-state index in [9.17, 15) is 4.79 Å². The van der Waals surface area contributed by atoms with Crippen LogP contribution < -0.4 is 5.32 Å². The summed E-state index contributed by atoms with van der Waals surface area (Å²) in [6.45, 7) is 4.68. The molecule has 2 N–H and O–H groups in total. The van der Waals surface area contributed by atoms with Gasteiger partial charge in [-0.15, -0.1) is 0 Å². The van der Waals surface area contributed by atoms with Crippen LogP contribution in [-0.4, -0.2) is 23.2 Å². The number of carbonyl (C=O) groups is 1. The summed E-state index contributed by atoms with van der Waals surface area (Å²) >= 11 is 0. The van der Waals surface area contributed by atoms with E-state index in [1.54, 1.807) is 0 Å². The Bertz CT molecular complexity index is 279. The Labute approximate surface area is 104 Å². The Morgan fingerprint density at radius 1 is 1.12 bits per heavy atom. The van der Waals surface area contributed by atoms with E-state index in [4.69, 9.17) is 5.11 Å². The van der Waals surface area contributed by atoms with E-state index in [1.165, 1.54) is 19.3 Å². The first kappa shape index (κ1) is 12.9. The summed E-state index contributed by atoms with van der Waals surface area (Å²) in [5, 5.41) is 12.4. The SMILES string of the molecule is CC1CCC(C2CCCC(C(=O)O)N2)CC1C. The second kappa shape index (κ2) is 5.38. The van der Waals surface area contributed by atoms with Gasteiger partial charge in [-0.3, -0.25) is 4.79 Å². The third-order valence-electron chi connectivity index (χ3n) is 4.93. The van der Waals surface area contributed by atoms with Gasteiger partial charge in [-0.05, 0) is 49.9 Å². The van der Waals surface area contributed by atoms with Gasteiger partial charge in [0, 0.05) is 6.04 Å². The highest BCUT2D eigenvalue weighted by Crippen LogP contribution is 2.37. The van der Waals surface area contributed by atoms with Crippen LogP contribution in [0.15, 0.2) is 0 Å². The van der Waals surface area contributed by atoms with E-state index in [-0.39, 0.29) is 6.04 Å². The van der Waals surface area contributed by atoms with Crippen molar-refractivity contribution in [1.29, 1.82) is 0 Å². The summed E-state index contributed by atoms with van der Waals surface area (Å²) in [6.07, 6.45) is 6.87. The van der Waals surface area contributed by atoms with E-state index in [0.717, 1.165) is 31.1 Å². The first-order chi connectivity index (χ1) is 8.08. The van der Waals surface area contributed by atoms with Crippen molar-refractivity contribution in [3.8, 4) is 0 Å². The van der Waals surface area contributed by atoms with Crippen molar-refractivity contribution in [3.05, 3.63) is 0 Å². The molecular formula is C14H25NO2. The smallest absolute Gasteiger partial charge is 0.320 e. The van der Waals surface area contributed by atoms with Crippen LogP contribution in [-0.2, 0) is 4.79 Å². The van der Waals surface area contributed by atoms with E-state index in [1.807, 2.05) is 0 Å². The molecule has 0 radical (unpaired) electrons. The van der Waals surface area contributed by atoms with Gasteiger partial charge >= 0.3 is 5.97 Å². The number of nitrogens with one attached hydrogen (secondary N) is 1. The first-order valence-electron chi connectivity index (χ1n) is 7.06.